The average Bonchev–Trinajstić information content (AvgIpc) is 2.43. The molecule has 0 bridgehead atoms. The summed E-state index contributed by atoms with van der Waals surface area (Å²) in [6.07, 6.45) is 8.21. The van der Waals surface area contributed by atoms with Gasteiger partial charge in [0.25, 0.3) is 0 Å². The van der Waals surface area contributed by atoms with Crippen molar-refractivity contribution in [1.82, 2.24) is 4.98 Å². The highest BCUT2D eigenvalue weighted by Crippen LogP contribution is 2.22. The Labute approximate surface area is 89.8 Å². The van der Waals surface area contributed by atoms with Crippen molar-refractivity contribution in [2.75, 3.05) is 5.32 Å². The van der Waals surface area contributed by atoms with E-state index in [0.29, 0.717) is 6.04 Å². The van der Waals surface area contributed by atoms with Crippen molar-refractivity contribution in [2.24, 2.45) is 0 Å². The molecule has 0 spiro atoms. The van der Waals surface area contributed by atoms with E-state index in [1.807, 2.05) is 0 Å². The lowest BCUT2D eigenvalue weighted by atomic mass is 10.1. The van der Waals surface area contributed by atoms with Crippen LogP contribution in [-0.4, -0.2) is 11.0 Å². The zero-order chi connectivity index (χ0) is 9.80. The maximum atomic E-state index is 4.44. The van der Waals surface area contributed by atoms with E-state index >= 15 is 0 Å². The molecule has 14 heavy (non-hydrogen) atoms. The van der Waals surface area contributed by atoms with Crippen molar-refractivity contribution in [2.45, 2.75) is 51.5 Å². The Morgan fingerprint density at radius 1 is 1.29 bits per heavy atom. The van der Waals surface area contributed by atoms with Crippen molar-refractivity contribution >= 4 is 16.5 Å². The van der Waals surface area contributed by atoms with Gasteiger partial charge in [-0.05, 0) is 19.8 Å². The molecule has 2 rings (SSSR count). The van der Waals surface area contributed by atoms with Crippen LogP contribution in [0.1, 0.15) is 44.2 Å². The molecule has 0 saturated heterocycles. The number of thiazole rings is 1. The van der Waals surface area contributed by atoms with Crippen molar-refractivity contribution < 1.29 is 0 Å². The summed E-state index contributed by atoms with van der Waals surface area (Å²) in [4.78, 5) is 4.44. The van der Waals surface area contributed by atoms with Gasteiger partial charge in [-0.1, -0.05) is 25.7 Å². The van der Waals surface area contributed by atoms with E-state index in [2.05, 4.69) is 22.6 Å². The summed E-state index contributed by atoms with van der Waals surface area (Å²) < 4.78 is 0. The zero-order valence-electron chi connectivity index (χ0n) is 8.75. The van der Waals surface area contributed by atoms with Crippen molar-refractivity contribution in [3.63, 3.8) is 0 Å². The zero-order valence-corrected chi connectivity index (χ0v) is 9.57. The fourth-order valence-corrected chi connectivity index (χ4v) is 2.78. The lowest BCUT2D eigenvalue weighted by Crippen LogP contribution is -2.17. The normalized spacial score (nSPS) is 19.2. The van der Waals surface area contributed by atoms with Crippen LogP contribution in [0.15, 0.2) is 5.38 Å². The number of anilines is 1. The number of nitrogens with one attached hydrogen (secondary N) is 1. The molecular formula is C11H18N2S. The summed E-state index contributed by atoms with van der Waals surface area (Å²) in [6.45, 7) is 2.05. The van der Waals surface area contributed by atoms with Crippen LogP contribution in [0.2, 0.25) is 0 Å². The minimum atomic E-state index is 0.669. The van der Waals surface area contributed by atoms with Gasteiger partial charge >= 0.3 is 0 Å². The molecule has 0 radical (unpaired) electrons. The molecular weight excluding hydrogens is 192 g/mol. The summed E-state index contributed by atoms with van der Waals surface area (Å²) in [6, 6.07) is 0.669. The Bertz CT molecular complexity index is 275. The number of hydrogen-bond donors (Lipinski definition) is 1. The van der Waals surface area contributed by atoms with E-state index in [1.165, 1.54) is 38.5 Å². The summed E-state index contributed by atoms with van der Waals surface area (Å²) in [5, 5.41) is 6.77. The van der Waals surface area contributed by atoms with Gasteiger partial charge in [0.2, 0.25) is 0 Å². The van der Waals surface area contributed by atoms with Crippen LogP contribution in [0.4, 0.5) is 5.13 Å². The monoisotopic (exact) mass is 210 g/mol. The summed E-state index contributed by atoms with van der Waals surface area (Å²) in [7, 11) is 0. The fourth-order valence-electron chi connectivity index (χ4n) is 2.02. The van der Waals surface area contributed by atoms with E-state index in [9.17, 15) is 0 Å². The molecule has 1 aliphatic rings. The Hall–Kier alpha value is -0.570. The number of aromatic nitrogens is 1. The Morgan fingerprint density at radius 2 is 2.00 bits per heavy atom. The van der Waals surface area contributed by atoms with Crippen LogP contribution >= 0.6 is 11.3 Å². The highest BCUT2D eigenvalue weighted by molar-refractivity contribution is 7.13. The predicted molar refractivity (Wildman–Crippen MR) is 62.0 cm³/mol. The highest BCUT2D eigenvalue weighted by atomic mass is 32.1. The molecule has 1 N–H and O–H groups in total. The third kappa shape index (κ3) is 2.71. The van der Waals surface area contributed by atoms with Gasteiger partial charge in [0.15, 0.2) is 5.13 Å². The number of aryl methyl sites for hydroxylation is 1. The second-order valence-electron chi connectivity index (χ2n) is 4.13. The van der Waals surface area contributed by atoms with Gasteiger partial charge in [-0.3, -0.25) is 0 Å². The van der Waals surface area contributed by atoms with E-state index in [-0.39, 0.29) is 0 Å². The van der Waals surface area contributed by atoms with Crippen LogP contribution in [0.5, 0.6) is 0 Å². The predicted octanol–water partition coefficient (Wildman–Crippen LogP) is 3.59. The van der Waals surface area contributed by atoms with E-state index in [0.717, 1.165) is 10.8 Å². The Balaban J connectivity index is 1.89. The van der Waals surface area contributed by atoms with Gasteiger partial charge < -0.3 is 5.32 Å². The minimum absolute atomic E-state index is 0.669. The SMILES string of the molecule is Cc1csc(NC2CCCCCC2)n1. The molecule has 2 nitrogen and oxygen atoms in total. The number of rotatable bonds is 2. The molecule has 0 aliphatic heterocycles. The summed E-state index contributed by atoms with van der Waals surface area (Å²) in [5.41, 5.74) is 1.13. The minimum Gasteiger partial charge on any atom is -0.359 e. The third-order valence-corrected chi connectivity index (χ3v) is 3.69. The summed E-state index contributed by atoms with van der Waals surface area (Å²) >= 11 is 1.73. The molecule has 0 amide bonds. The van der Waals surface area contributed by atoms with Gasteiger partial charge in [0.1, 0.15) is 0 Å². The van der Waals surface area contributed by atoms with E-state index < -0.39 is 0 Å². The molecule has 0 aromatic carbocycles. The largest absolute Gasteiger partial charge is 0.359 e. The molecule has 3 heteroatoms. The van der Waals surface area contributed by atoms with Crippen LogP contribution in [0.25, 0.3) is 0 Å². The molecule has 1 fully saturated rings. The third-order valence-electron chi connectivity index (χ3n) is 2.80. The topological polar surface area (TPSA) is 24.9 Å². The first-order chi connectivity index (χ1) is 6.84. The first-order valence-electron chi connectivity index (χ1n) is 5.53. The van der Waals surface area contributed by atoms with Crippen LogP contribution in [0.3, 0.4) is 0 Å². The standard InChI is InChI=1S/C11H18N2S/c1-9-8-14-11(12-9)13-10-6-4-2-3-5-7-10/h8,10H,2-7H2,1H3,(H,12,13). The number of nitrogens with zero attached hydrogens (tertiary/aromatic N) is 1. The van der Waals surface area contributed by atoms with Crippen LogP contribution in [-0.2, 0) is 0 Å². The first-order valence-corrected chi connectivity index (χ1v) is 6.41. The van der Waals surface area contributed by atoms with Crippen molar-refractivity contribution in [3.05, 3.63) is 11.1 Å². The molecule has 0 atom stereocenters. The maximum absolute atomic E-state index is 4.44. The molecule has 1 aromatic heterocycles. The lowest BCUT2D eigenvalue weighted by Gasteiger charge is -2.14. The van der Waals surface area contributed by atoms with Crippen molar-refractivity contribution in [3.8, 4) is 0 Å². The van der Waals surface area contributed by atoms with Gasteiger partial charge in [0, 0.05) is 11.4 Å². The molecule has 0 unspecified atom stereocenters. The fraction of sp³-hybridized carbons (Fsp3) is 0.727. The van der Waals surface area contributed by atoms with E-state index in [4.69, 9.17) is 0 Å². The molecule has 1 aliphatic carbocycles. The quantitative estimate of drug-likeness (QED) is 0.755. The second kappa shape index (κ2) is 4.78. The molecule has 78 valence electrons. The number of hydrogen-bond acceptors (Lipinski definition) is 3. The van der Waals surface area contributed by atoms with Crippen molar-refractivity contribution in [1.29, 1.82) is 0 Å². The van der Waals surface area contributed by atoms with E-state index in [1.54, 1.807) is 11.3 Å². The average molecular weight is 210 g/mol. The summed E-state index contributed by atoms with van der Waals surface area (Å²) in [5.74, 6) is 0. The smallest absolute Gasteiger partial charge is 0.183 e. The maximum Gasteiger partial charge on any atom is 0.183 e. The molecule has 1 heterocycles. The Morgan fingerprint density at radius 3 is 2.57 bits per heavy atom. The molecule has 1 saturated carbocycles. The Kier molecular flexibility index (Phi) is 3.40. The van der Waals surface area contributed by atoms with Crippen LogP contribution in [0, 0.1) is 6.92 Å². The lowest BCUT2D eigenvalue weighted by molar-refractivity contribution is 0.619. The molecule has 1 aromatic rings. The van der Waals surface area contributed by atoms with Gasteiger partial charge in [-0.15, -0.1) is 11.3 Å². The van der Waals surface area contributed by atoms with Gasteiger partial charge in [-0.25, -0.2) is 4.98 Å². The van der Waals surface area contributed by atoms with Gasteiger partial charge in [-0.2, -0.15) is 0 Å². The highest BCUT2D eigenvalue weighted by Gasteiger charge is 2.12. The second-order valence-corrected chi connectivity index (χ2v) is 4.98. The first kappa shape index (κ1) is 9.97. The van der Waals surface area contributed by atoms with Crippen LogP contribution < -0.4 is 5.32 Å². The van der Waals surface area contributed by atoms with Gasteiger partial charge in [0.05, 0.1) is 5.69 Å².